The second-order valence-electron chi connectivity index (χ2n) is 3.71. The Balaban J connectivity index is 2.51. The smallest absolute Gasteiger partial charge is 0.224 e. The molecule has 0 saturated heterocycles. The Kier molecular flexibility index (Phi) is 5.66. The number of amides is 1. The van der Waals surface area contributed by atoms with E-state index < -0.39 is 0 Å². The van der Waals surface area contributed by atoms with Gasteiger partial charge in [0.05, 0.1) is 0 Å². The number of amidine groups is 1. The van der Waals surface area contributed by atoms with Gasteiger partial charge in [0.15, 0.2) is 5.84 Å². The zero-order valence-corrected chi connectivity index (χ0v) is 10.2. The normalized spacial score (nSPS) is 11.3. The number of anilines is 1. The van der Waals surface area contributed by atoms with Gasteiger partial charge in [0.25, 0.3) is 0 Å². The summed E-state index contributed by atoms with van der Waals surface area (Å²) in [5.41, 5.74) is 6.69. The van der Waals surface area contributed by atoms with E-state index in [1.165, 1.54) is 0 Å². The summed E-state index contributed by atoms with van der Waals surface area (Å²) in [5.74, 6) is -0.0310. The van der Waals surface area contributed by atoms with Gasteiger partial charge in [0.2, 0.25) is 5.91 Å². The molecule has 98 valence electrons. The Morgan fingerprint density at radius 2 is 2.11 bits per heavy atom. The molecule has 1 aromatic rings. The van der Waals surface area contributed by atoms with Crippen LogP contribution in [0.25, 0.3) is 0 Å². The highest BCUT2D eigenvalue weighted by Crippen LogP contribution is 2.10. The maximum absolute atomic E-state index is 11.5. The molecule has 0 fully saturated rings. The van der Waals surface area contributed by atoms with Gasteiger partial charge in [-0.3, -0.25) is 4.79 Å². The number of ether oxygens (including phenoxy) is 1. The number of carbonyl (C=O) groups excluding carboxylic acids is 1. The third-order valence-corrected chi connectivity index (χ3v) is 2.32. The zero-order valence-electron chi connectivity index (χ0n) is 10.2. The minimum absolute atomic E-state index is 0.0352. The molecule has 0 atom stereocenters. The van der Waals surface area contributed by atoms with Crippen LogP contribution in [0.3, 0.4) is 0 Å². The van der Waals surface area contributed by atoms with Crippen molar-refractivity contribution in [2.45, 2.75) is 12.8 Å². The highest BCUT2D eigenvalue weighted by molar-refractivity contribution is 5.98. The summed E-state index contributed by atoms with van der Waals surface area (Å²) in [6.07, 6.45) is 1.10. The average Bonchev–Trinajstić information content (AvgIpc) is 2.39. The maximum Gasteiger partial charge on any atom is 0.224 e. The summed E-state index contributed by atoms with van der Waals surface area (Å²) in [4.78, 5) is 11.5. The van der Waals surface area contributed by atoms with Gasteiger partial charge in [-0.15, -0.1) is 0 Å². The first kappa shape index (κ1) is 14.0. The molecule has 1 aromatic carbocycles. The standard InChI is InChI=1S/C12H17N3O3/c1-18-8-2-3-11(16)14-10-6-4-9(5-7-10)12(13)15-17/h4-7,17H,2-3,8H2,1H3,(H2,13,15)(H,14,16). The summed E-state index contributed by atoms with van der Waals surface area (Å²) in [5, 5.41) is 14.1. The van der Waals surface area contributed by atoms with Crippen LogP contribution in [0.2, 0.25) is 0 Å². The van der Waals surface area contributed by atoms with Crippen LogP contribution in [0, 0.1) is 0 Å². The molecular formula is C12H17N3O3. The van der Waals surface area contributed by atoms with Gasteiger partial charge in [-0.2, -0.15) is 0 Å². The second kappa shape index (κ2) is 7.29. The molecule has 0 radical (unpaired) electrons. The third kappa shape index (κ3) is 4.42. The number of hydrogen-bond acceptors (Lipinski definition) is 4. The number of carbonyl (C=O) groups is 1. The summed E-state index contributed by atoms with van der Waals surface area (Å²) in [7, 11) is 1.60. The Bertz CT molecular complexity index is 415. The molecule has 6 heteroatoms. The number of nitrogens with two attached hydrogens (primary N) is 1. The van der Waals surface area contributed by atoms with Gasteiger partial charge in [-0.25, -0.2) is 0 Å². The van der Waals surface area contributed by atoms with E-state index in [2.05, 4.69) is 10.5 Å². The molecule has 0 unspecified atom stereocenters. The number of rotatable bonds is 6. The molecule has 1 rings (SSSR count). The Morgan fingerprint density at radius 3 is 2.67 bits per heavy atom. The van der Waals surface area contributed by atoms with Gasteiger partial charge >= 0.3 is 0 Å². The molecule has 0 spiro atoms. The SMILES string of the molecule is COCCCC(=O)Nc1ccc(C(N)=NO)cc1. The first-order valence-corrected chi connectivity index (χ1v) is 5.54. The largest absolute Gasteiger partial charge is 0.409 e. The van der Waals surface area contributed by atoms with Crippen LogP contribution in [0.15, 0.2) is 29.4 Å². The lowest BCUT2D eigenvalue weighted by molar-refractivity contribution is -0.116. The van der Waals surface area contributed by atoms with Crippen LogP contribution in [-0.2, 0) is 9.53 Å². The quantitative estimate of drug-likeness (QED) is 0.232. The molecule has 4 N–H and O–H groups in total. The molecule has 6 nitrogen and oxygen atoms in total. The van der Waals surface area contributed by atoms with E-state index in [0.29, 0.717) is 30.7 Å². The van der Waals surface area contributed by atoms with Crippen LogP contribution in [-0.4, -0.2) is 30.7 Å². The molecule has 0 aliphatic heterocycles. The third-order valence-electron chi connectivity index (χ3n) is 2.32. The summed E-state index contributed by atoms with van der Waals surface area (Å²) in [6, 6.07) is 6.73. The lowest BCUT2D eigenvalue weighted by Gasteiger charge is -2.06. The molecule has 0 heterocycles. The summed E-state index contributed by atoms with van der Waals surface area (Å²) >= 11 is 0. The summed E-state index contributed by atoms with van der Waals surface area (Å²) < 4.78 is 4.87. The van der Waals surface area contributed by atoms with E-state index >= 15 is 0 Å². The van der Waals surface area contributed by atoms with E-state index in [0.717, 1.165) is 0 Å². The van der Waals surface area contributed by atoms with Gasteiger partial charge in [-0.1, -0.05) is 5.16 Å². The average molecular weight is 251 g/mol. The van der Waals surface area contributed by atoms with Crippen LogP contribution in [0.5, 0.6) is 0 Å². The maximum atomic E-state index is 11.5. The second-order valence-corrected chi connectivity index (χ2v) is 3.71. The number of nitrogens with one attached hydrogen (secondary N) is 1. The van der Waals surface area contributed by atoms with E-state index in [1.807, 2.05) is 0 Å². The van der Waals surface area contributed by atoms with Crippen LogP contribution in [0.1, 0.15) is 18.4 Å². The van der Waals surface area contributed by atoms with Crippen LogP contribution < -0.4 is 11.1 Å². The monoisotopic (exact) mass is 251 g/mol. The van der Waals surface area contributed by atoms with Gasteiger partial charge in [0, 0.05) is 31.4 Å². The lowest BCUT2D eigenvalue weighted by atomic mass is 10.2. The predicted molar refractivity (Wildman–Crippen MR) is 68.7 cm³/mol. The molecule has 0 aliphatic rings. The fraction of sp³-hybridized carbons (Fsp3) is 0.333. The van der Waals surface area contributed by atoms with Crippen molar-refractivity contribution in [3.8, 4) is 0 Å². The van der Waals surface area contributed by atoms with E-state index in [-0.39, 0.29) is 11.7 Å². The number of nitrogens with zero attached hydrogens (tertiary/aromatic N) is 1. The minimum Gasteiger partial charge on any atom is -0.409 e. The highest BCUT2D eigenvalue weighted by Gasteiger charge is 2.03. The first-order chi connectivity index (χ1) is 8.67. The van der Waals surface area contributed by atoms with Crippen molar-refractivity contribution in [2.24, 2.45) is 10.9 Å². The number of benzene rings is 1. The number of methoxy groups -OCH3 is 1. The number of hydrogen-bond donors (Lipinski definition) is 3. The van der Waals surface area contributed by atoms with Crippen molar-refractivity contribution >= 4 is 17.4 Å². The molecule has 0 aliphatic carbocycles. The topological polar surface area (TPSA) is 96.9 Å². The van der Waals surface area contributed by atoms with E-state index in [9.17, 15) is 4.79 Å². The first-order valence-electron chi connectivity index (χ1n) is 5.54. The van der Waals surface area contributed by atoms with Gasteiger partial charge in [-0.05, 0) is 30.7 Å². The Morgan fingerprint density at radius 1 is 1.44 bits per heavy atom. The summed E-state index contributed by atoms with van der Waals surface area (Å²) in [6.45, 7) is 0.565. The van der Waals surface area contributed by atoms with Crippen molar-refractivity contribution in [1.29, 1.82) is 0 Å². The van der Waals surface area contributed by atoms with Crippen LogP contribution >= 0.6 is 0 Å². The Hall–Kier alpha value is -2.08. The fourth-order valence-electron chi connectivity index (χ4n) is 1.38. The minimum atomic E-state index is -0.0661. The van der Waals surface area contributed by atoms with Crippen LogP contribution in [0.4, 0.5) is 5.69 Å². The van der Waals surface area contributed by atoms with E-state index in [1.54, 1.807) is 31.4 Å². The zero-order chi connectivity index (χ0) is 13.4. The van der Waals surface area contributed by atoms with Crippen molar-refractivity contribution in [1.82, 2.24) is 0 Å². The fourth-order valence-corrected chi connectivity index (χ4v) is 1.38. The highest BCUT2D eigenvalue weighted by atomic mass is 16.5. The number of oxime groups is 1. The molecule has 0 bridgehead atoms. The van der Waals surface area contributed by atoms with E-state index in [4.69, 9.17) is 15.7 Å². The van der Waals surface area contributed by atoms with Gasteiger partial charge < -0.3 is 21.0 Å². The lowest BCUT2D eigenvalue weighted by Crippen LogP contribution is -2.14. The molecule has 18 heavy (non-hydrogen) atoms. The van der Waals surface area contributed by atoms with Crippen molar-refractivity contribution in [2.75, 3.05) is 19.0 Å². The molecule has 1 amide bonds. The molecular weight excluding hydrogens is 234 g/mol. The van der Waals surface area contributed by atoms with Crippen molar-refractivity contribution in [3.63, 3.8) is 0 Å². The predicted octanol–water partition coefficient (Wildman–Crippen LogP) is 1.15. The van der Waals surface area contributed by atoms with Crippen molar-refractivity contribution in [3.05, 3.63) is 29.8 Å². The Labute approximate surface area is 105 Å². The van der Waals surface area contributed by atoms with Gasteiger partial charge in [0.1, 0.15) is 0 Å². The molecule has 0 aromatic heterocycles. The van der Waals surface area contributed by atoms with Crippen molar-refractivity contribution < 1.29 is 14.7 Å². The molecule has 0 saturated carbocycles.